The topological polar surface area (TPSA) is 84.1 Å². The fourth-order valence-corrected chi connectivity index (χ4v) is 4.24. The second kappa shape index (κ2) is 9.86. The van der Waals surface area contributed by atoms with Crippen molar-refractivity contribution in [3.63, 3.8) is 0 Å². The summed E-state index contributed by atoms with van der Waals surface area (Å²) >= 11 is 0. The predicted octanol–water partition coefficient (Wildman–Crippen LogP) is 2.74. The summed E-state index contributed by atoms with van der Waals surface area (Å²) in [5.41, 5.74) is 6.07. The van der Waals surface area contributed by atoms with Crippen LogP contribution in [0.5, 0.6) is 0 Å². The van der Waals surface area contributed by atoms with Crippen LogP contribution in [0, 0.1) is 11.8 Å². The van der Waals surface area contributed by atoms with E-state index in [9.17, 15) is 4.79 Å². The number of amides is 1. The highest BCUT2D eigenvalue weighted by Gasteiger charge is 2.20. The summed E-state index contributed by atoms with van der Waals surface area (Å²) in [4.78, 5) is 23.3. The Kier molecular flexibility index (Phi) is 7.23. The molecule has 0 radical (unpaired) electrons. The molecule has 0 bridgehead atoms. The summed E-state index contributed by atoms with van der Waals surface area (Å²) in [7, 11) is 0. The average Bonchev–Trinajstić information content (AvgIpc) is 2.70. The van der Waals surface area contributed by atoms with Gasteiger partial charge in [-0.25, -0.2) is 9.97 Å². The number of carbonyl (C=O) groups excluding carboxylic acids is 1. The van der Waals surface area contributed by atoms with Crippen LogP contribution in [-0.4, -0.2) is 42.1 Å². The van der Waals surface area contributed by atoms with Crippen LogP contribution < -0.4 is 16.0 Å². The fourth-order valence-electron chi connectivity index (χ4n) is 4.24. The lowest BCUT2D eigenvalue weighted by Gasteiger charge is -2.32. The van der Waals surface area contributed by atoms with Crippen molar-refractivity contribution in [1.29, 1.82) is 0 Å². The first-order valence-corrected chi connectivity index (χ1v) is 10.3. The first kappa shape index (κ1) is 19.1. The number of nitrogens with two attached hydrogens (primary N) is 1. The van der Waals surface area contributed by atoms with E-state index in [4.69, 9.17) is 5.73 Å². The van der Waals surface area contributed by atoms with E-state index in [0.29, 0.717) is 5.69 Å². The van der Waals surface area contributed by atoms with Gasteiger partial charge in [0.2, 0.25) is 0 Å². The maximum Gasteiger partial charge on any atom is 0.271 e. The largest absolute Gasteiger partial charge is 0.355 e. The molecule has 3 rings (SSSR count). The van der Waals surface area contributed by atoms with Gasteiger partial charge in [-0.2, -0.15) is 0 Å². The van der Waals surface area contributed by atoms with Crippen LogP contribution in [0.4, 0.5) is 5.82 Å². The summed E-state index contributed by atoms with van der Waals surface area (Å²) in [6.45, 7) is 3.50. The van der Waals surface area contributed by atoms with E-state index in [-0.39, 0.29) is 5.91 Å². The highest BCUT2D eigenvalue weighted by atomic mass is 16.1. The van der Waals surface area contributed by atoms with Crippen LogP contribution in [-0.2, 0) is 0 Å². The van der Waals surface area contributed by atoms with E-state index < -0.39 is 0 Å². The number of piperidine rings is 1. The third-order valence-corrected chi connectivity index (χ3v) is 5.95. The van der Waals surface area contributed by atoms with Crippen LogP contribution in [0.1, 0.15) is 68.3 Å². The van der Waals surface area contributed by atoms with Crippen LogP contribution >= 0.6 is 0 Å². The molecule has 144 valence electrons. The SMILES string of the molecule is NCCC1CCN(c2cnc(C(=O)NCCC3CCCCC3)cn2)CC1. The van der Waals surface area contributed by atoms with Crippen LogP contribution in [0.2, 0.25) is 0 Å². The van der Waals surface area contributed by atoms with Crippen molar-refractivity contribution in [2.24, 2.45) is 17.6 Å². The lowest BCUT2D eigenvalue weighted by atomic mass is 9.87. The van der Waals surface area contributed by atoms with Crippen molar-refractivity contribution in [2.75, 3.05) is 31.1 Å². The molecule has 2 aliphatic rings. The van der Waals surface area contributed by atoms with Gasteiger partial charge in [-0.15, -0.1) is 0 Å². The molecule has 1 aromatic rings. The Bertz CT molecular complexity index is 548. The molecule has 0 spiro atoms. The summed E-state index contributed by atoms with van der Waals surface area (Å²) in [6.07, 6.45) is 14.5. The molecule has 0 unspecified atom stereocenters. The number of aromatic nitrogens is 2. The van der Waals surface area contributed by atoms with Gasteiger partial charge in [0.25, 0.3) is 5.91 Å². The zero-order chi connectivity index (χ0) is 18.2. The lowest BCUT2D eigenvalue weighted by molar-refractivity contribution is 0.0945. The molecule has 1 saturated carbocycles. The van der Waals surface area contributed by atoms with Gasteiger partial charge in [0.05, 0.1) is 12.4 Å². The van der Waals surface area contributed by atoms with Gasteiger partial charge in [0.15, 0.2) is 0 Å². The smallest absolute Gasteiger partial charge is 0.271 e. The van der Waals surface area contributed by atoms with Gasteiger partial charge in [-0.1, -0.05) is 32.1 Å². The molecule has 3 N–H and O–H groups in total. The number of carbonyl (C=O) groups is 1. The molecule has 1 saturated heterocycles. The lowest BCUT2D eigenvalue weighted by Crippen LogP contribution is -2.35. The number of hydrogen-bond donors (Lipinski definition) is 2. The number of anilines is 1. The van der Waals surface area contributed by atoms with Crippen LogP contribution in [0.15, 0.2) is 12.4 Å². The van der Waals surface area contributed by atoms with Gasteiger partial charge < -0.3 is 16.0 Å². The van der Waals surface area contributed by atoms with Gasteiger partial charge in [-0.3, -0.25) is 4.79 Å². The van der Waals surface area contributed by atoms with E-state index >= 15 is 0 Å². The molecule has 2 fully saturated rings. The molecule has 1 aromatic heterocycles. The first-order chi connectivity index (χ1) is 12.8. The Morgan fingerprint density at radius 3 is 2.42 bits per heavy atom. The molecule has 1 aliphatic carbocycles. The van der Waals surface area contributed by atoms with Crippen molar-refractivity contribution in [3.8, 4) is 0 Å². The molecule has 0 aromatic carbocycles. The molecule has 2 heterocycles. The van der Waals surface area contributed by atoms with Crippen LogP contribution in [0.25, 0.3) is 0 Å². The highest BCUT2D eigenvalue weighted by molar-refractivity contribution is 5.91. The summed E-state index contributed by atoms with van der Waals surface area (Å²) in [5, 5.41) is 3.00. The first-order valence-electron chi connectivity index (χ1n) is 10.3. The van der Waals surface area contributed by atoms with Gasteiger partial charge in [-0.05, 0) is 44.1 Å². The minimum atomic E-state index is -0.110. The second-order valence-electron chi connectivity index (χ2n) is 7.82. The number of hydrogen-bond acceptors (Lipinski definition) is 5. The van der Waals surface area contributed by atoms with Crippen molar-refractivity contribution in [1.82, 2.24) is 15.3 Å². The van der Waals surface area contributed by atoms with E-state index in [0.717, 1.165) is 69.5 Å². The Morgan fingerprint density at radius 2 is 1.77 bits per heavy atom. The molecule has 1 aliphatic heterocycles. The van der Waals surface area contributed by atoms with E-state index in [1.54, 1.807) is 12.4 Å². The number of rotatable bonds is 7. The molecule has 1 amide bonds. The maximum absolute atomic E-state index is 12.2. The molecular formula is C20H33N5O. The minimum absolute atomic E-state index is 0.110. The molecule has 0 atom stereocenters. The Labute approximate surface area is 157 Å². The number of nitrogens with one attached hydrogen (secondary N) is 1. The number of nitrogens with zero attached hydrogens (tertiary/aromatic N) is 3. The molecule has 6 heteroatoms. The monoisotopic (exact) mass is 359 g/mol. The standard InChI is InChI=1S/C20H33N5O/c21-10-6-17-8-12-25(13-9-17)19-15-23-18(14-24-19)20(26)22-11-7-16-4-2-1-3-5-16/h14-17H,1-13,21H2,(H,22,26). The normalized spacial score (nSPS) is 19.5. The van der Waals surface area contributed by atoms with Crippen molar-refractivity contribution >= 4 is 11.7 Å². The minimum Gasteiger partial charge on any atom is -0.355 e. The second-order valence-corrected chi connectivity index (χ2v) is 7.82. The average molecular weight is 360 g/mol. The Hall–Kier alpha value is -1.69. The summed E-state index contributed by atoms with van der Waals surface area (Å²) in [5.74, 6) is 2.27. The van der Waals surface area contributed by atoms with Crippen molar-refractivity contribution < 1.29 is 4.79 Å². The van der Waals surface area contributed by atoms with E-state index in [1.807, 2.05) is 0 Å². The van der Waals surface area contributed by atoms with Gasteiger partial charge in [0, 0.05) is 19.6 Å². The third kappa shape index (κ3) is 5.40. The zero-order valence-corrected chi connectivity index (χ0v) is 15.8. The Balaban J connectivity index is 1.42. The molecule has 26 heavy (non-hydrogen) atoms. The molecular weight excluding hydrogens is 326 g/mol. The van der Waals surface area contributed by atoms with Crippen molar-refractivity contribution in [2.45, 2.75) is 57.8 Å². The highest BCUT2D eigenvalue weighted by Crippen LogP contribution is 2.26. The van der Waals surface area contributed by atoms with Gasteiger partial charge in [0.1, 0.15) is 11.5 Å². The summed E-state index contributed by atoms with van der Waals surface area (Å²) < 4.78 is 0. The van der Waals surface area contributed by atoms with Crippen LogP contribution in [0.3, 0.4) is 0 Å². The van der Waals surface area contributed by atoms with Crippen molar-refractivity contribution in [3.05, 3.63) is 18.1 Å². The Morgan fingerprint density at radius 1 is 1.04 bits per heavy atom. The van der Waals surface area contributed by atoms with Gasteiger partial charge >= 0.3 is 0 Å². The summed E-state index contributed by atoms with van der Waals surface area (Å²) in [6, 6.07) is 0. The van der Waals surface area contributed by atoms with E-state index in [1.165, 1.54) is 32.1 Å². The van der Waals surface area contributed by atoms with E-state index in [2.05, 4.69) is 20.2 Å². The zero-order valence-electron chi connectivity index (χ0n) is 15.8. The maximum atomic E-state index is 12.2. The predicted molar refractivity (Wildman–Crippen MR) is 104 cm³/mol. The third-order valence-electron chi connectivity index (χ3n) is 5.95. The quantitative estimate of drug-likeness (QED) is 0.782. The fraction of sp³-hybridized carbons (Fsp3) is 0.750. The molecule has 6 nitrogen and oxygen atoms in total.